The lowest BCUT2D eigenvalue weighted by molar-refractivity contribution is -0.119. The Morgan fingerprint density at radius 3 is 2.65 bits per heavy atom. The van der Waals surface area contributed by atoms with Crippen LogP contribution in [0.25, 0.3) is 0 Å². The summed E-state index contributed by atoms with van der Waals surface area (Å²) in [4.78, 5) is 11.6. The van der Waals surface area contributed by atoms with Crippen LogP contribution in [-0.4, -0.2) is 18.2 Å². The lowest BCUT2D eigenvalue weighted by Gasteiger charge is -2.05. The number of amides is 1. The molecule has 2 aromatic rings. The third kappa shape index (κ3) is 3.98. The van der Waals surface area contributed by atoms with E-state index in [0.29, 0.717) is 11.5 Å². The fraction of sp³-hybridized carbons (Fsp3) is 0.200. The lowest BCUT2D eigenvalue weighted by Crippen LogP contribution is -2.26. The second-order valence-electron chi connectivity index (χ2n) is 4.43. The Labute approximate surface area is 117 Å². The van der Waals surface area contributed by atoms with Crippen LogP contribution in [0.4, 0.5) is 5.69 Å². The molecule has 5 nitrogen and oxygen atoms in total. The SMILES string of the molecule is CC(=NNC(=O)CNc1ccc(C)cc1)c1ccco1. The van der Waals surface area contributed by atoms with Crippen molar-refractivity contribution in [3.05, 3.63) is 54.0 Å². The van der Waals surface area contributed by atoms with Crippen LogP contribution in [0.3, 0.4) is 0 Å². The Morgan fingerprint density at radius 1 is 1.25 bits per heavy atom. The highest BCUT2D eigenvalue weighted by Gasteiger charge is 2.02. The van der Waals surface area contributed by atoms with Gasteiger partial charge in [-0.05, 0) is 38.1 Å². The van der Waals surface area contributed by atoms with Crippen molar-refractivity contribution in [1.29, 1.82) is 0 Å². The Morgan fingerprint density at radius 2 is 2.00 bits per heavy atom. The number of benzene rings is 1. The van der Waals surface area contributed by atoms with Gasteiger partial charge < -0.3 is 9.73 Å². The molecular formula is C15H17N3O2. The molecule has 0 atom stereocenters. The molecule has 20 heavy (non-hydrogen) atoms. The summed E-state index contributed by atoms with van der Waals surface area (Å²) >= 11 is 0. The summed E-state index contributed by atoms with van der Waals surface area (Å²) in [5.74, 6) is 0.424. The molecular weight excluding hydrogens is 254 g/mol. The summed E-state index contributed by atoms with van der Waals surface area (Å²) in [5.41, 5.74) is 5.18. The monoisotopic (exact) mass is 271 g/mol. The molecule has 1 aromatic carbocycles. The first kappa shape index (κ1) is 13.9. The van der Waals surface area contributed by atoms with Gasteiger partial charge in [0, 0.05) is 5.69 Å². The molecule has 1 aromatic heterocycles. The predicted octanol–water partition coefficient (Wildman–Crippen LogP) is 2.54. The maximum atomic E-state index is 11.6. The van der Waals surface area contributed by atoms with Crippen molar-refractivity contribution in [2.75, 3.05) is 11.9 Å². The maximum absolute atomic E-state index is 11.6. The van der Waals surface area contributed by atoms with Gasteiger partial charge in [-0.25, -0.2) is 5.43 Å². The van der Waals surface area contributed by atoms with Crippen LogP contribution in [-0.2, 0) is 4.79 Å². The summed E-state index contributed by atoms with van der Waals surface area (Å²) in [5, 5.41) is 7.00. The second-order valence-corrected chi connectivity index (χ2v) is 4.43. The quantitative estimate of drug-likeness (QED) is 0.648. The number of hydrogen-bond donors (Lipinski definition) is 2. The van der Waals surface area contributed by atoms with Crippen LogP contribution in [0.2, 0.25) is 0 Å². The highest BCUT2D eigenvalue weighted by atomic mass is 16.3. The number of anilines is 1. The average Bonchev–Trinajstić information content (AvgIpc) is 2.98. The molecule has 0 radical (unpaired) electrons. The van der Waals surface area contributed by atoms with Gasteiger partial charge in [0.25, 0.3) is 5.91 Å². The van der Waals surface area contributed by atoms with Gasteiger partial charge in [0.1, 0.15) is 11.5 Å². The van der Waals surface area contributed by atoms with E-state index >= 15 is 0 Å². The number of carbonyl (C=O) groups is 1. The molecule has 2 N–H and O–H groups in total. The zero-order valence-electron chi connectivity index (χ0n) is 11.5. The summed E-state index contributed by atoms with van der Waals surface area (Å²) in [6, 6.07) is 11.4. The Kier molecular flexibility index (Phi) is 4.55. The van der Waals surface area contributed by atoms with Gasteiger partial charge >= 0.3 is 0 Å². The van der Waals surface area contributed by atoms with Gasteiger partial charge in [-0.15, -0.1) is 0 Å². The Bertz CT molecular complexity index is 586. The minimum Gasteiger partial charge on any atom is -0.463 e. The predicted molar refractivity (Wildman–Crippen MR) is 78.7 cm³/mol. The van der Waals surface area contributed by atoms with E-state index in [0.717, 1.165) is 5.69 Å². The maximum Gasteiger partial charge on any atom is 0.259 e. The number of hydrazone groups is 1. The first-order chi connectivity index (χ1) is 9.65. The zero-order valence-corrected chi connectivity index (χ0v) is 11.5. The molecule has 0 aliphatic rings. The van der Waals surface area contributed by atoms with Crippen molar-refractivity contribution in [2.24, 2.45) is 5.10 Å². The van der Waals surface area contributed by atoms with Crippen molar-refractivity contribution in [3.63, 3.8) is 0 Å². The molecule has 1 amide bonds. The number of furan rings is 1. The van der Waals surface area contributed by atoms with E-state index in [2.05, 4.69) is 15.8 Å². The number of hydrogen-bond acceptors (Lipinski definition) is 4. The first-order valence-corrected chi connectivity index (χ1v) is 6.32. The topological polar surface area (TPSA) is 66.6 Å². The molecule has 0 spiro atoms. The van der Waals surface area contributed by atoms with E-state index in [-0.39, 0.29) is 12.5 Å². The van der Waals surface area contributed by atoms with Crippen LogP contribution in [0.1, 0.15) is 18.2 Å². The normalized spacial score (nSPS) is 11.2. The van der Waals surface area contributed by atoms with E-state index in [1.807, 2.05) is 31.2 Å². The highest BCUT2D eigenvalue weighted by Crippen LogP contribution is 2.07. The molecule has 0 bridgehead atoms. The van der Waals surface area contributed by atoms with Gasteiger partial charge in [-0.3, -0.25) is 4.79 Å². The molecule has 5 heteroatoms. The minimum atomic E-state index is -0.212. The summed E-state index contributed by atoms with van der Waals surface area (Å²) in [6.07, 6.45) is 1.56. The Hall–Kier alpha value is -2.56. The van der Waals surface area contributed by atoms with Gasteiger partial charge in [0.2, 0.25) is 0 Å². The van der Waals surface area contributed by atoms with Gasteiger partial charge in [0.15, 0.2) is 0 Å². The molecule has 1 heterocycles. The number of nitrogens with one attached hydrogen (secondary N) is 2. The molecule has 2 rings (SSSR count). The number of carbonyl (C=O) groups excluding carboxylic acids is 1. The zero-order chi connectivity index (χ0) is 14.4. The van der Waals surface area contributed by atoms with Gasteiger partial charge in [-0.2, -0.15) is 5.10 Å². The van der Waals surface area contributed by atoms with Crippen LogP contribution in [0.5, 0.6) is 0 Å². The van der Waals surface area contributed by atoms with Crippen molar-refractivity contribution in [3.8, 4) is 0 Å². The van der Waals surface area contributed by atoms with E-state index in [1.54, 1.807) is 25.3 Å². The molecule has 0 saturated heterocycles. The van der Waals surface area contributed by atoms with Crippen molar-refractivity contribution >= 4 is 17.3 Å². The molecule has 0 aliphatic carbocycles. The largest absolute Gasteiger partial charge is 0.463 e. The fourth-order valence-corrected chi connectivity index (χ4v) is 1.58. The second kappa shape index (κ2) is 6.56. The third-order valence-electron chi connectivity index (χ3n) is 2.73. The third-order valence-corrected chi connectivity index (χ3v) is 2.73. The van der Waals surface area contributed by atoms with Crippen molar-refractivity contribution in [1.82, 2.24) is 5.43 Å². The van der Waals surface area contributed by atoms with Gasteiger partial charge in [-0.1, -0.05) is 17.7 Å². The van der Waals surface area contributed by atoms with Crippen LogP contribution in [0.15, 0.2) is 52.2 Å². The molecule has 0 unspecified atom stereocenters. The fourth-order valence-electron chi connectivity index (χ4n) is 1.58. The molecule has 0 saturated carbocycles. The smallest absolute Gasteiger partial charge is 0.259 e. The van der Waals surface area contributed by atoms with Gasteiger partial charge in [0.05, 0.1) is 12.8 Å². The minimum absolute atomic E-state index is 0.165. The molecule has 0 aliphatic heterocycles. The number of nitrogens with zero attached hydrogens (tertiary/aromatic N) is 1. The Balaban J connectivity index is 1.81. The first-order valence-electron chi connectivity index (χ1n) is 6.32. The summed E-state index contributed by atoms with van der Waals surface area (Å²) in [6.45, 7) is 3.95. The standard InChI is InChI=1S/C15H17N3O2/c1-11-5-7-13(8-6-11)16-10-15(19)18-17-12(2)14-4-3-9-20-14/h3-9,16H,10H2,1-2H3,(H,18,19). The lowest BCUT2D eigenvalue weighted by atomic mass is 10.2. The van der Waals surface area contributed by atoms with Crippen LogP contribution in [0, 0.1) is 6.92 Å². The van der Waals surface area contributed by atoms with E-state index in [9.17, 15) is 4.79 Å². The van der Waals surface area contributed by atoms with Crippen LogP contribution < -0.4 is 10.7 Å². The average molecular weight is 271 g/mol. The van der Waals surface area contributed by atoms with E-state index < -0.39 is 0 Å². The number of rotatable bonds is 5. The van der Waals surface area contributed by atoms with E-state index in [1.165, 1.54) is 5.56 Å². The highest BCUT2D eigenvalue weighted by molar-refractivity contribution is 5.96. The van der Waals surface area contributed by atoms with Crippen molar-refractivity contribution < 1.29 is 9.21 Å². The molecule has 104 valence electrons. The number of aryl methyl sites for hydroxylation is 1. The molecule has 0 fully saturated rings. The van der Waals surface area contributed by atoms with E-state index in [4.69, 9.17) is 4.42 Å². The van der Waals surface area contributed by atoms with Crippen molar-refractivity contribution in [2.45, 2.75) is 13.8 Å². The summed E-state index contributed by atoms with van der Waals surface area (Å²) < 4.78 is 5.17. The summed E-state index contributed by atoms with van der Waals surface area (Å²) in [7, 11) is 0. The van der Waals surface area contributed by atoms with Crippen LogP contribution >= 0.6 is 0 Å².